The molecule has 0 aliphatic rings. The first-order valence-electron chi connectivity index (χ1n) is 19.5. The largest absolute Gasteiger partial charge is 0.356 e. The van der Waals surface area contributed by atoms with Gasteiger partial charge in [-0.05, 0) is 71.2 Å². The van der Waals surface area contributed by atoms with Crippen molar-refractivity contribution in [2.24, 2.45) is 0 Å². The molecular weight excluding hydrogens is 844 g/mol. The van der Waals surface area contributed by atoms with Gasteiger partial charge in [0.1, 0.15) is 26.0 Å². The molecule has 0 aromatic carbocycles. The lowest BCUT2D eigenvalue weighted by atomic mass is 10.1. The van der Waals surface area contributed by atoms with Crippen molar-refractivity contribution in [3.05, 3.63) is 53.6 Å². The Hall–Kier alpha value is -3.06. The number of hydrogen-bond donors (Lipinski definition) is 1. The van der Waals surface area contributed by atoms with E-state index in [9.17, 15) is 23.1 Å². The number of aromatic nitrogens is 5. The Morgan fingerprint density at radius 2 is 1.27 bits per heavy atom. The number of amides is 1. The standard InChI is InChI=1S/C36H56N8O11P4/c1-6-11-20-37-36(45)17-15-13-12-14-16-31-23-34(43-21-18-32(39-43)25-41(27-50-56-46)28-51-57-47)38-35(24-31)44-22-19-33(40-44)26-42(29-58(48,52-7-2)53-8-3)30-59(49,54-9-4)55-10-5/h18-19,21-24H,6-13,15,17,20,25-30H2,1-5H3,(H,37,45). The van der Waals surface area contributed by atoms with Gasteiger partial charge in [0.2, 0.25) is 5.91 Å². The molecule has 0 aliphatic heterocycles. The Morgan fingerprint density at radius 3 is 1.75 bits per heavy atom. The SMILES string of the molecule is CCCCNC(=O)CCCCC#Cc1cc(-n2ccc(CN(COP=O)COP=O)n2)nc(-n2ccc(CN(CP(=O)(OCC)OCC)CP(=O)(OCC)OCC)n2)c1. The Bertz CT molecular complexity index is 1840. The molecule has 0 radical (unpaired) electrons. The van der Waals surface area contributed by atoms with Crippen molar-refractivity contribution in [2.75, 3.05) is 59.0 Å². The van der Waals surface area contributed by atoms with Crippen LogP contribution in [0, 0.1) is 11.8 Å². The average molecular weight is 901 g/mol. The quantitative estimate of drug-likeness (QED) is 0.0284. The van der Waals surface area contributed by atoms with Gasteiger partial charge >= 0.3 is 32.6 Å². The van der Waals surface area contributed by atoms with Gasteiger partial charge in [0, 0.05) is 50.4 Å². The van der Waals surface area contributed by atoms with Crippen molar-refractivity contribution in [3.63, 3.8) is 0 Å². The normalized spacial score (nSPS) is 12.1. The van der Waals surface area contributed by atoms with Crippen molar-refractivity contribution in [2.45, 2.75) is 86.2 Å². The van der Waals surface area contributed by atoms with Gasteiger partial charge in [-0.2, -0.15) is 10.2 Å². The second-order valence-corrected chi connectivity index (χ2v) is 17.6. The third-order valence-corrected chi connectivity index (χ3v) is 12.5. The summed E-state index contributed by atoms with van der Waals surface area (Å²) in [7, 11) is -8.27. The lowest BCUT2D eigenvalue weighted by molar-refractivity contribution is -0.121. The Balaban J connectivity index is 1.95. The number of nitrogens with one attached hydrogen (secondary N) is 1. The van der Waals surface area contributed by atoms with Crippen molar-refractivity contribution >= 4 is 38.5 Å². The fourth-order valence-electron chi connectivity index (χ4n) is 5.57. The minimum Gasteiger partial charge on any atom is -0.356 e. The summed E-state index contributed by atoms with van der Waals surface area (Å²) in [6, 6.07) is 7.10. The van der Waals surface area contributed by atoms with Gasteiger partial charge in [-0.3, -0.25) is 27.9 Å². The molecule has 3 aromatic rings. The van der Waals surface area contributed by atoms with Gasteiger partial charge in [-0.15, -0.1) is 0 Å². The molecule has 0 spiro atoms. The topological polar surface area (TPSA) is 208 Å². The molecule has 3 aromatic heterocycles. The first-order chi connectivity index (χ1) is 28.5. The predicted molar refractivity (Wildman–Crippen MR) is 221 cm³/mol. The molecular formula is C36H56N8O11P4. The molecule has 0 aliphatic carbocycles. The van der Waals surface area contributed by atoms with Crippen LogP contribution in [-0.4, -0.2) is 99.3 Å². The van der Waals surface area contributed by atoms with E-state index in [0.717, 1.165) is 19.3 Å². The zero-order valence-corrected chi connectivity index (χ0v) is 38.0. The van der Waals surface area contributed by atoms with E-state index < -0.39 is 32.6 Å². The summed E-state index contributed by atoms with van der Waals surface area (Å²) in [6.07, 6.45) is 7.53. The van der Waals surface area contributed by atoms with Crippen LogP contribution in [0.2, 0.25) is 0 Å². The lowest BCUT2D eigenvalue weighted by Crippen LogP contribution is -2.28. The summed E-state index contributed by atoms with van der Waals surface area (Å²) in [5.41, 5.74) is 1.76. The fourth-order valence-corrected chi connectivity index (χ4v) is 9.58. The van der Waals surface area contributed by atoms with E-state index in [2.05, 4.69) is 29.2 Å². The van der Waals surface area contributed by atoms with Crippen LogP contribution in [0.25, 0.3) is 11.6 Å². The van der Waals surface area contributed by atoms with E-state index in [1.807, 2.05) is 0 Å². The lowest BCUT2D eigenvalue weighted by Gasteiger charge is -2.29. The van der Waals surface area contributed by atoms with Crippen molar-refractivity contribution < 1.29 is 50.2 Å². The van der Waals surface area contributed by atoms with Crippen molar-refractivity contribution in [1.29, 1.82) is 0 Å². The minimum absolute atomic E-state index is 0.0450. The highest BCUT2D eigenvalue weighted by Crippen LogP contribution is 2.53. The summed E-state index contributed by atoms with van der Waals surface area (Å²) < 4.78 is 84.4. The first kappa shape index (κ1) is 50.3. The maximum absolute atomic E-state index is 13.7. The van der Waals surface area contributed by atoms with Gasteiger partial charge in [0.05, 0.1) is 37.8 Å². The number of rotatable bonds is 31. The Kier molecular flexibility index (Phi) is 23.6. The van der Waals surface area contributed by atoms with Crippen molar-refractivity contribution in [3.8, 4) is 23.5 Å². The van der Waals surface area contributed by atoms with E-state index >= 15 is 0 Å². The van der Waals surface area contributed by atoms with E-state index in [1.165, 1.54) is 0 Å². The van der Waals surface area contributed by atoms with Crippen LogP contribution in [0.4, 0.5) is 0 Å². The summed E-state index contributed by atoms with van der Waals surface area (Å²) >= 11 is 0. The van der Waals surface area contributed by atoms with Crippen LogP contribution >= 0.6 is 32.6 Å². The van der Waals surface area contributed by atoms with E-state index in [1.54, 1.807) is 83.5 Å². The van der Waals surface area contributed by atoms with Gasteiger partial charge in [-0.1, -0.05) is 25.2 Å². The molecule has 0 unspecified atom stereocenters. The van der Waals surface area contributed by atoms with Gasteiger partial charge in [0.15, 0.2) is 11.6 Å². The molecule has 0 bridgehead atoms. The maximum atomic E-state index is 13.7. The molecule has 3 heterocycles. The molecule has 0 saturated heterocycles. The molecule has 59 heavy (non-hydrogen) atoms. The number of unbranched alkanes of at least 4 members (excludes halogenated alkanes) is 3. The van der Waals surface area contributed by atoms with Gasteiger partial charge in [0.25, 0.3) is 0 Å². The molecule has 0 atom stereocenters. The number of carbonyl (C=O) groups is 1. The second kappa shape index (κ2) is 27.7. The van der Waals surface area contributed by atoms with Crippen LogP contribution in [0.1, 0.15) is 90.1 Å². The smallest absolute Gasteiger partial charge is 0.344 e. The maximum Gasteiger partial charge on any atom is 0.344 e. The monoisotopic (exact) mass is 900 g/mol. The third-order valence-electron chi connectivity index (χ3n) is 8.00. The minimum atomic E-state index is -3.63. The van der Waals surface area contributed by atoms with Crippen LogP contribution in [0.3, 0.4) is 0 Å². The summed E-state index contributed by atoms with van der Waals surface area (Å²) in [5.74, 6) is 7.32. The highest BCUT2D eigenvalue weighted by molar-refractivity contribution is 7.54. The van der Waals surface area contributed by atoms with E-state index in [-0.39, 0.29) is 71.5 Å². The highest BCUT2D eigenvalue weighted by atomic mass is 31.2. The summed E-state index contributed by atoms with van der Waals surface area (Å²) in [5, 5.41) is 12.4. The van der Waals surface area contributed by atoms with Crippen LogP contribution in [0.5, 0.6) is 0 Å². The number of pyridine rings is 1. The van der Waals surface area contributed by atoms with Crippen LogP contribution in [-0.2, 0) is 63.3 Å². The summed E-state index contributed by atoms with van der Waals surface area (Å²) in [6.45, 7) is 10.4. The van der Waals surface area contributed by atoms with E-state index in [4.69, 9.17) is 37.2 Å². The van der Waals surface area contributed by atoms with Crippen molar-refractivity contribution in [1.82, 2.24) is 39.7 Å². The molecule has 1 amide bonds. The average Bonchev–Trinajstić information content (AvgIpc) is 3.87. The molecule has 19 nitrogen and oxygen atoms in total. The Labute approximate surface area is 349 Å². The van der Waals surface area contributed by atoms with E-state index in [0.29, 0.717) is 54.4 Å². The van der Waals surface area contributed by atoms with Crippen LogP contribution in [0.15, 0.2) is 36.7 Å². The second-order valence-electron chi connectivity index (χ2n) is 12.8. The molecule has 326 valence electrons. The highest BCUT2D eigenvalue weighted by Gasteiger charge is 2.34. The zero-order chi connectivity index (χ0) is 42.9. The fraction of sp³-hybridized carbons (Fsp3) is 0.611. The molecule has 1 N–H and O–H groups in total. The predicted octanol–water partition coefficient (Wildman–Crippen LogP) is 7.69. The van der Waals surface area contributed by atoms with Gasteiger partial charge in [-0.25, -0.2) is 28.4 Å². The first-order valence-corrected chi connectivity index (χ1v) is 24.4. The Morgan fingerprint density at radius 1 is 0.763 bits per heavy atom. The molecule has 3 rings (SSSR count). The summed E-state index contributed by atoms with van der Waals surface area (Å²) in [4.78, 5) is 20.2. The third kappa shape index (κ3) is 18.6. The molecule has 0 saturated carbocycles. The molecule has 23 heteroatoms. The van der Waals surface area contributed by atoms with Gasteiger partial charge < -0.3 is 23.4 Å². The number of nitrogens with zero attached hydrogens (tertiary/aromatic N) is 7. The number of hydrogen-bond acceptors (Lipinski definition) is 16. The van der Waals surface area contributed by atoms with Crippen LogP contribution < -0.4 is 5.32 Å². The number of carbonyl (C=O) groups excluding carboxylic acids is 1. The zero-order valence-electron chi connectivity index (χ0n) is 34.4. The molecule has 0 fully saturated rings.